The third-order valence-electron chi connectivity index (χ3n) is 6.68. The van der Waals surface area contributed by atoms with E-state index in [-0.39, 0.29) is 11.3 Å². The van der Waals surface area contributed by atoms with Crippen molar-refractivity contribution in [3.05, 3.63) is 35.4 Å². The molecule has 1 aromatic rings. The zero-order chi connectivity index (χ0) is 17.3. The van der Waals surface area contributed by atoms with Crippen LogP contribution in [0.5, 0.6) is 0 Å². The highest BCUT2D eigenvalue weighted by molar-refractivity contribution is 5.74. The average Bonchev–Trinajstić information content (AvgIpc) is 2.64. The summed E-state index contributed by atoms with van der Waals surface area (Å²) in [5.74, 6) is 1.08. The summed E-state index contributed by atoms with van der Waals surface area (Å²) in [6, 6.07) is 8.82. The molecule has 1 aromatic carbocycles. The molecule has 0 aliphatic carbocycles. The van der Waals surface area contributed by atoms with Crippen molar-refractivity contribution < 1.29 is 4.79 Å². The third kappa shape index (κ3) is 3.47. The van der Waals surface area contributed by atoms with Crippen molar-refractivity contribution in [3.63, 3.8) is 0 Å². The van der Waals surface area contributed by atoms with E-state index in [0.717, 1.165) is 19.0 Å². The summed E-state index contributed by atoms with van der Waals surface area (Å²) in [5.41, 5.74) is 3.04. The quantitative estimate of drug-likeness (QED) is 0.897. The summed E-state index contributed by atoms with van der Waals surface area (Å²) in [6.45, 7) is 9.37. The number of hydrogen-bond acceptors (Lipinski definition) is 3. The van der Waals surface area contributed by atoms with E-state index in [2.05, 4.69) is 39.4 Å². The second kappa shape index (κ2) is 7.08. The van der Waals surface area contributed by atoms with Crippen molar-refractivity contribution in [2.24, 2.45) is 5.92 Å². The van der Waals surface area contributed by atoms with Crippen LogP contribution < -0.4 is 5.32 Å². The first-order chi connectivity index (χ1) is 12.2. The first-order valence-corrected chi connectivity index (χ1v) is 9.93. The van der Waals surface area contributed by atoms with Crippen LogP contribution >= 0.6 is 0 Å². The highest BCUT2D eigenvalue weighted by atomic mass is 16.2. The fraction of sp³-hybridized carbons (Fsp3) is 0.667. The molecule has 25 heavy (non-hydrogen) atoms. The summed E-state index contributed by atoms with van der Waals surface area (Å²) in [7, 11) is 0. The van der Waals surface area contributed by atoms with Gasteiger partial charge in [-0.1, -0.05) is 24.3 Å². The zero-order valence-electron chi connectivity index (χ0n) is 15.5. The molecule has 0 bridgehead atoms. The molecule has 1 spiro atoms. The first kappa shape index (κ1) is 17.0. The number of rotatable bonds is 2. The predicted molar refractivity (Wildman–Crippen MR) is 100 cm³/mol. The van der Waals surface area contributed by atoms with Gasteiger partial charge in [-0.15, -0.1) is 0 Å². The van der Waals surface area contributed by atoms with E-state index in [1.165, 1.54) is 69.5 Å². The molecule has 4 rings (SSSR count). The first-order valence-electron chi connectivity index (χ1n) is 9.93. The Balaban J connectivity index is 1.47. The molecule has 1 N–H and O–H groups in total. The van der Waals surface area contributed by atoms with Crippen LogP contribution in [0, 0.1) is 5.92 Å². The Kier molecular flexibility index (Phi) is 4.83. The number of carbonyl (C=O) groups is 1. The summed E-state index contributed by atoms with van der Waals surface area (Å²) in [4.78, 5) is 16.8. The number of fused-ring (bicyclic) bond motifs is 2. The van der Waals surface area contributed by atoms with Gasteiger partial charge in [0.15, 0.2) is 0 Å². The van der Waals surface area contributed by atoms with Crippen LogP contribution in [0.3, 0.4) is 0 Å². The maximum absolute atomic E-state index is 12.1. The number of piperidine rings is 2. The molecule has 2 saturated heterocycles. The van der Waals surface area contributed by atoms with Crippen molar-refractivity contribution >= 4 is 5.91 Å². The lowest BCUT2D eigenvalue weighted by atomic mass is 9.68. The maximum atomic E-state index is 12.1. The topological polar surface area (TPSA) is 35.6 Å². The smallest absolute Gasteiger partial charge is 0.219 e. The summed E-state index contributed by atoms with van der Waals surface area (Å²) in [5, 5.41) is 3.47. The van der Waals surface area contributed by atoms with Gasteiger partial charge in [0, 0.05) is 32.0 Å². The minimum Gasteiger partial charge on any atom is -0.338 e. The van der Waals surface area contributed by atoms with E-state index >= 15 is 0 Å². The van der Waals surface area contributed by atoms with Crippen molar-refractivity contribution in [2.45, 2.75) is 44.6 Å². The molecule has 4 heteroatoms. The van der Waals surface area contributed by atoms with E-state index < -0.39 is 0 Å². The van der Waals surface area contributed by atoms with Gasteiger partial charge in [-0.05, 0) is 68.9 Å². The molecule has 0 aromatic heterocycles. The Morgan fingerprint density at radius 1 is 1.20 bits per heavy atom. The molecule has 0 radical (unpaired) electrons. The van der Waals surface area contributed by atoms with Gasteiger partial charge in [-0.2, -0.15) is 0 Å². The number of carbonyl (C=O) groups excluding carboxylic acids is 1. The molecule has 3 aliphatic heterocycles. The van der Waals surface area contributed by atoms with Gasteiger partial charge in [0.05, 0.1) is 0 Å². The minimum atomic E-state index is 0.172. The van der Waals surface area contributed by atoms with Gasteiger partial charge in [0.2, 0.25) is 5.91 Å². The van der Waals surface area contributed by atoms with Crippen molar-refractivity contribution in [1.29, 1.82) is 0 Å². The van der Waals surface area contributed by atoms with Gasteiger partial charge in [-0.3, -0.25) is 4.79 Å². The minimum absolute atomic E-state index is 0.172. The molecule has 2 fully saturated rings. The van der Waals surface area contributed by atoms with Crippen molar-refractivity contribution in [1.82, 2.24) is 15.1 Å². The Bertz CT molecular complexity index is 615. The van der Waals surface area contributed by atoms with Crippen LogP contribution in [0.25, 0.3) is 0 Å². The van der Waals surface area contributed by atoms with Crippen LogP contribution in [0.4, 0.5) is 0 Å². The fourth-order valence-electron chi connectivity index (χ4n) is 5.13. The van der Waals surface area contributed by atoms with Gasteiger partial charge in [0.1, 0.15) is 0 Å². The molecule has 0 atom stereocenters. The van der Waals surface area contributed by atoms with Crippen LogP contribution in [0.15, 0.2) is 24.3 Å². The van der Waals surface area contributed by atoms with Gasteiger partial charge in [0.25, 0.3) is 0 Å². The van der Waals surface area contributed by atoms with Crippen molar-refractivity contribution in [2.75, 3.05) is 39.3 Å². The van der Waals surface area contributed by atoms with E-state index in [0.29, 0.717) is 0 Å². The number of likely N-dealkylation sites (tertiary alicyclic amines) is 1. The van der Waals surface area contributed by atoms with Gasteiger partial charge < -0.3 is 15.1 Å². The van der Waals surface area contributed by atoms with E-state index in [1.54, 1.807) is 6.92 Å². The standard InChI is InChI=1S/C21H31N3O/c1-17(25)24-15-19-4-2-3-5-20(19)21(16-24)8-12-23(13-9-21)14-18-6-10-22-11-7-18/h2-5,18,22H,6-16H2,1H3. The molecule has 1 amide bonds. The Hall–Kier alpha value is -1.39. The number of amides is 1. The lowest BCUT2D eigenvalue weighted by Crippen LogP contribution is -2.53. The van der Waals surface area contributed by atoms with E-state index in [4.69, 9.17) is 0 Å². The molecule has 3 heterocycles. The molecule has 0 unspecified atom stereocenters. The molecule has 136 valence electrons. The van der Waals surface area contributed by atoms with Crippen molar-refractivity contribution in [3.8, 4) is 0 Å². The van der Waals surface area contributed by atoms with E-state index in [1.807, 2.05) is 0 Å². The highest BCUT2D eigenvalue weighted by Crippen LogP contribution is 2.42. The summed E-state index contributed by atoms with van der Waals surface area (Å²) >= 11 is 0. The largest absolute Gasteiger partial charge is 0.338 e. The lowest BCUT2D eigenvalue weighted by molar-refractivity contribution is -0.131. The summed E-state index contributed by atoms with van der Waals surface area (Å²) < 4.78 is 0. The second-order valence-corrected chi connectivity index (χ2v) is 8.31. The highest BCUT2D eigenvalue weighted by Gasteiger charge is 2.42. The third-order valence-corrected chi connectivity index (χ3v) is 6.68. The summed E-state index contributed by atoms with van der Waals surface area (Å²) in [6.07, 6.45) is 5.00. The zero-order valence-corrected chi connectivity index (χ0v) is 15.5. The van der Waals surface area contributed by atoms with Crippen LogP contribution in [0.1, 0.15) is 43.7 Å². The Morgan fingerprint density at radius 2 is 1.92 bits per heavy atom. The Morgan fingerprint density at radius 3 is 2.64 bits per heavy atom. The second-order valence-electron chi connectivity index (χ2n) is 8.31. The normalized spacial score (nSPS) is 24.3. The lowest BCUT2D eigenvalue weighted by Gasteiger charge is -2.49. The van der Waals surface area contributed by atoms with E-state index in [9.17, 15) is 4.79 Å². The maximum Gasteiger partial charge on any atom is 0.219 e. The number of hydrogen-bond donors (Lipinski definition) is 1. The van der Waals surface area contributed by atoms with Crippen LogP contribution in [-0.2, 0) is 16.8 Å². The van der Waals surface area contributed by atoms with Crippen LogP contribution in [0.2, 0.25) is 0 Å². The number of nitrogens with one attached hydrogen (secondary N) is 1. The monoisotopic (exact) mass is 341 g/mol. The molecule has 3 aliphatic rings. The average molecular weight is 341 g/mol. The molecule has 4 nitrogen and oxygen atoms in total. The number of benzene rings is 1. The molecular weight excluding hydrogens is 310 g/mol. The predicted octanol–water partition coefficient (Wildman–Crippen LogP) is 2.38. The fourth-order valence-corrected chi connectivity index (χ4v) is 5.13. The molecular formula is C21H31N3O. The number of nitrogens with zero attached hydrogens (tertiary/aromatic N) is 2. The SMILES string of the molecule is CC(=O)N1Cc2ccccc2C2(CCN(CC3CCNCC3)CC2)C1. The van der Waals surface area contributed by atoms with Gasteiger partial charge in [-0.25, -0.2) is 0 Å². The molecule has 0 saturated carbocycles. The van der Waals surface area contributed by atoms with Gasteiger partial charge >= 0.3 is 0 Å². The van der Waals surface area contributed by atoms with Crippen LogP contribution in [-0.4, -0.2) is 55.0 Å². The Labute approximate surface area is 151 Å².